The molecule has 0 saturated carbocycles. The molecule has 16 nitrogen and oxygen atoms in total. The molecule has 0 radical (unpaired) electrons. The maximum absolute atomic E-state index is 12.9. The minimum Gasteiger partial charge on any atom is -0.321 e. The molecule has 0 aliphatic rings. The lowest BCUT2D eigenvalue weighted by molar-refractivity contribution is -0.394. The van der Waals surface area contributed by atoms with Crippen molar-refractivity contribution < 1.29 is 29.3 Å². The van der Waals surface area contributed by atoms with Gasteiger partial charge in [-0.05, 0) is 12.1 Å². The van der Waals surface area contributed by atoms with Gasteiger partial charge in [-0.1, -0.05) is 24.3 Å². The number of rotatable bonds is 8. The number of nitro benzene ring substituents is 4. The number of amides is 2. The summed E-state index contributed by atoms with van der Waals surface area (Å²) in [6.07, 6.45) is 0. The number of nitrogens with zero attached hydrogens (tertiary/aromatic N) is 4. The third kappa shape index (κ3) is 5.49. The van der Waals surface area contributed by atoms with Crippen molar-refractivity contribution >= 4 is 56.7 Å². The Hall–Kier alpha value is -6.32. The molecule has 0 aliphatic carbocycles. The van der Waals surface area contributed by atoms with Crippen LogP contribution in [0.25, 0.3) is 10.8 Å². The van der Waals surface area contributed by atoms with Crippen molar-refractivity contribution in [2.75, 3.05) is 10.6 Å². The highest BCUT2D eigenvalue weighted by Gasteiger charge is 2.22. The summed E-state index contributed by atoms with van der Waals surface area (Å²) in [7, 11) is 0. The molecule has 2 N–H and O–H groups in total. The molecule has 0 atom stereocenters. The third-order valence-corrected chi connectivity index (χ3v) is 5.59. The van der Waals surface area contributed by atoms with Crippen LogP contribution in [0.4, 0.5) is 34.1 Å². The molecular weight excluding hydrogens is 532 g/mol. The predicted octanol–water partition coefficient (Wildman–Crippen LogP) is 4.98. The SMILES string of the molecule is O=C(Nc1cccc2c(NC(=O)c3cc([N+](=O)[O-])cc([N+](=O)[O-])c3)cccc12)c1cc([N+](=O)[O-])cc([N+](=O)[O-])c1. The van der Waals surface area contributed by atoms with Gasteiger partial charge in [0.1, 0.15) is 0 Å². The molecule has 2 amide bonds. The van der Waals surface area contributed by atoms with E-state index in [-0.39, 0.29) is 22.5 Å². The van der Waals surface area contributed by atoms with Crippen LogP contribution in [0.3, 0.4) is 0 Å². The van der Waals surface area contributed by atoms with Crippen LogP contribution < -0.4 is 10.6 Å². The van der Waals surface area contributed by atoms with E-state index in [0.29, 0.717) is 10.8 Å². The molecule has 0 fully saturated rings. The second-order valence-electron chi connectivity index (χ2n) is 8.12. The second kappa shape index (κ2) is 10.6. The molecule has 40 heavy (non-hydrogen) atoms. The summed E-state index contributed by atoms with van der Waals surface area (Å²) in [5.74, 6) is -1.75. The van der Waals surface area contributed by atoms with E-state index >= 15 is 0 Å². The summed E-state index contributed by atoms with van der Waals surface area (Å²) in [5, 5.41) is 50.5. The van der Waals surface area contributed by atoms with Crippen molar-refractivity contribution in [1.29, 1.82) is 0 Å². The molecule has 200 valence electrons. The molecule has 16 heteroatoms. The average molecular weight is 546 g/mol. The van der Waals surface area contributed by atoms with E-state index in [9.17, 15) is 50.0 Å². The molecule has 0 unspecified atom stereocenters. The van der Waals surface area contributed by atoms with Gasteiger partial charge in [0.15, 0.2) is 0 Å². The summed E-state index contributed by atoms with van der Waals surface area (Å²) in [6.45, 7) is 0. The van der Waals surface area contributed by atoms with Gasteiger partial charge in [-0.25, -0.2) is 0 Å². The van der Waals surface area contributed by atoms with E-state index in [1.807, 2.05) is 0 Å². The maximum Gasteiger partial charge on any atom is 0.277 e. The predicted molar refractivity (Wildman–Crippen MR) is 139 cm³/mol. The Balaban J connectivity index is 1.68. The molecule has 0 spiro atoms. The summed E-state index contributed by atoms with van der Waals surface area (Å²) in [5.41, 5.74) is -2.89. The summed E-state index contributed by atoms with van der Waals surface area (Å²) in [6, 6.07) is 14.2. The Bertz CT molecular complexity index is 1580. The summed E-state index contributed by atoms with van der Waals surface area (Å²) >= 11 is 0. The van der Waals surface area contributed by atoms with Crippen LogP contribution in [0.1, 0.15) is 20.7 Å². The topological polar surface area (TPSA) is 231 Å². The first-order valence-corrected chi connectivity index (χ1v) is 11.0. The quantitative estimate of drug-likeness (QED) is 0.222. The van der Waals surface area contributed by atoms with Gasteiger partial charge in [-0.15, -0.1) is 0 Å². The fourth-order valence-corrected chi connectivity index (χ4v) is 3.79. The number of carbonyl (C=O) groups excluding carboxylic acids is 2. The number of hydrogen-bond donors (Lipinski definition) is 2. The van der Waals surface area contributed by atoms with Crippen molar-refractivity contribution in [3.05, 3.63) is 124 Å². The van der Waals surface area contributed by atoms with Crippen LogP contribution >= 0.6 is 0 Å². The summed E-state index contributed by atoms with van der Waals surface area (Å²) < 4.78 is 0. The highest BCUT2D eigenvalue weighted by molar-refractivity contribution is 6.14. The Kier molecular flexibility index (Phi) is 7.07. The Morgan fingerprint density at radius 2 is 0.800 bits per heavy atom. The third-order valence-electron chi connectivity index (χ3n) is 5.59. The molecule has 0 bridgehead atoms. The minimum atomic E-state index is -0.877. The zero-order valence-electron chi connectivity index (χ0n) is 19.8. The van der Waals surface area contributed by atoms with E-state index in [4.69, 9.17) is 0 Å². The van der Waals surface area contributed by atoms with Crippen LogP contribution in [0.2, 0.25) is 0 Å². The lowest BCUT2D eigenvalue weighted by atomic mass is 10.1. The smallest absolute Gasteiger partial charge is 0.277 e. The van der Waals surface area contributed by atoms with Gasteiger partial charge in [-0.2, -0.15) is 0 Å². The molecular formula is C24H14N6O10. The van der Waals surface area contributed by atoms with Crippen molar-refractivity contribution in [2.24, 2.45) is 0 Å². The largest absolute Gasteiger partial charge is 0.321 e. The van der Waals surface area contributed by atoms with E-state index < -0.39 is 54.3 Å². The van der Waals surface area contributed by atoms with Crippen molar-refractivity contribution in [1.82, 2.24) is 0 Å². The number of anilines is 2. The standard InChI is InChI=1S/C24H14N6O10/c31-23(13-7-15(27(33)34)11-16(8-13)28(35)36)25-21-5-1-3-19-20(21)4-2-6-22(19)26-24(32)14-9-17(29(37)38)12-18(10-14)30(39)40/h1-12H,(H,25,31)(H,26,32). The fourth-order valence-electron chi connectivity index (χ4n) is 3.79. The molecule has 0 saturated heterocycles. The first-order chi connectivity index (χ1) is 18.9. The van der Waals surface area contributed by atoms with Gasteiger partial charge < -0.3 is 10.6 Å². The second-order valence-corrected chi connectivity index (χ2v) is 8.12. The van der Waals surface area contributed by atoms with Crippen LogP contribution in [0.5, 0.6) is 0 Å². The molecule has 0 aromatic heterocycles. The molecule has 0 aliphatic heterocycles. The number of nitro groups is 4. The fraction of sp³-hybridized carbons (Fsp3) is 0. The first-order valence-electron chi connectivity index (χ1n) is 11.0. The number of non-ortho nitro benzene ring substituents is 4. The molecule has 4 aromatic rings. The molecule has 0 heterocycles. The average Bonchev–Trinajstić information content (AvgIpc) is 2.92. The Morgan fingerprint density at radius 3 is 1.07 bits per heavy atom. The van der Waals surface area contributed by atoms with E-state index in [0.717, 1.165) is 36.4 Å². The van der Waals surface area contributed by atoms with Crippen LogP contribution in [0, 0.1) is 40.5 Å². The van der Waals surface area contributed by atoms with Crippen molar-refractivity contribution in [3.8, 4) is 0 Å². The van der Waals surface area contributed by atoms with Gasteiger partial charge in [0.2, 0.25) is 0 Å². The Morgan fingerprint density at radius 1 is 0.500 bits per heavy atom. The molecule has 4 rings (SSSR count). The lowest BCUT2D eigenvalue weighted by Gasteiger charge is -2.13. The first kappa shape index (κ1) is 26.7. The van der Waals surface area contributed by atoms with Gasteiger partial charge in [0, 0.05) is 46.4 Å². The number of nitrogens with one attached hydrogen (secondary N) is 2. The zero-order valence-corrected chi connectivity index (χ0v) is 19.8. The molecule has 4 aromatic carbocycles. The monoisotopic (exact) mass is 546 g/mol. The van der Waals surface area contributed by atoms with Gasteiger partial charge in [0.25, 0.3) is 34.6 Å². The number of benzene rings is 4. The van der Waals surface area contributed by atoms with Gasteiger partial charge in [-0.3, -0.25) is 50.0 Å². The van der Waals surface area contributed by atoms with E-state index in [2.05, 4.69) is 10.6 Å². The van der Waals surface area contributed by atoms with E-state index in [1.165, 1.54) is 24.3 Å². The Labute approximate surface area is 221 Å². The van der Waals surface area contributed by atoms with Crippen LogP contribution in [0.15, 0.2) is 72.8 Å². The van der Waals surface area contributed by atoms with Crippen molar-refractivity contribution in [2.45, 2.75) is 0 Å². The highest BCUT2D eigenvalue weighted by Crippen LogP contribution is 2.31. The normalized spacial score (nSPS) is 10.5. The van der Waals surface area contributed by atoms with Crippen LogP contribution in [-0.4, -0.2) is 31.5 Å². The number of fused-ring (bicyclic) bond motifs is 1. The summed E-state index contributed by atoms with van der Waals surface area (Å²) in [4.78, 5) is 67.0. The van der Waals surface area contributed by atoms with Crippen molar-refractivity contribution in [3.63, 3.8) is 0 Å². The lowest BCUT2D eigenvalue weighted by Crippen LogP contribution is -2.14. The maximum atomic E-state index is 12.9. The number of carbonyl (C=O) groups is 2. The number of hydrogen-bond acceptors (Lipinski definition) is 10. The van der Waals surface area contributed by atoms with E-state index in [1.54, 1.807) is 12.1 Å². The highest BCUT2D eigenvalue weighted by atomic mass is 16.6. The van der Waals surface area contributed by atoms with Gasteiger partial charge >= 0.3 is 0 Å². The van der Waals surface area contributed by atoms with Gasteiger partial charge in [0.05, 0.1) is 43.0 Å². The minimum absolute atomic E-state index is 0.193. The van der Waals surface area contributed by atoms with Crippen LogP contribution in [-0.2, 0) is 0 Å². The zero-order chi connectivity index (χ0) is 29.1.